The molecule has 0 spiro atoms. The number of halogens is 1. The number of allylic oxidation sites excluding steroid dienone is 1. The van der Waals surface area contributed by atoms with Crippen molar-refractivity contribution < 1.29 is 33.2 Å². The molecule has 3 aromatic rings. The van der Waals surface area contributed by atoms with E-state index in [9.17, 15) is 14.3 Å². The number of aromatic hydroxyl groups is 1. The second-order valence-electron chi connectivity index (χ2n) is 9.47. The number of Topliss-reactive ketones (excluding diaryl/α,β-unsaturated/α-hetero) is 1. The standard InChI is InChI=1S/C30H31FN2O6/c1-18-15-23(34)20(17-32-11-13-33(14-12-32)22-8-6-5-7-21(22)31)29-26(18)27(35)25(39-29)16-19-9-10-24(36-2)30(38-4)28(19)37-3/h5-10,15-16,34H,11-14,17H2,1-4H3/b25-16-. The minimum absolute atomic E-state index is 0.0699. The topological polar surface area (TPSA) is 80.7 Å². The van der Waals surface area contributed by atoms with Crippen LogP contribution < -0.4 is 23.8 Å². The molecule has 2 aliphatic heterocycles. The highest BCUT2D eigenvalue weighted by molar-refractivity contribution is 6.16. The van der Waals surface area contributed by atoms with Crippen LogP contribution in [0.1, 0.15) is 27.0 Å². The van der Waals surface area contributed by atoms with E-state index < -0.39 is 0 Å². The minimum Gasteiger partial charge on any atom is -0.507 e. The highest BCUT2D eigenvalue weighted by Crippen LogP contribution is 2.45. The first-order valence-electron chi connectivity index (χ1n) is 12.7. The van der Waals surface area contributed by atoms with Crippen molar-refractivity contribution in [2.75, 3.05) is 52.4 Å². The van der Waals surface area contributed by atoms with Crippen LogP contribution in [0.15, 0.2) is 48.2 Å². The average molecular weight is 535 g/mol. The Kier molecular flexibility index (Phi) is 7.34. The third kappa shape index (κ3) is 4.85. The van der Waals surface area contributed by atoms with Gasteiger partial charge in [-0.2, -0.15) is 0 Å². The SMILES string of the molecule is COc1ccc(/C=C2\Oc3c(CN4CCN(c5ccccc5F)CC4)c(O)cc(C)c3C2=O)c(OC)c1OC. The van der Waals surface area contributed by atoms with Gasteiger partial charge in [0.25, 0.3) is 0 Å². The summed E-state index contributed by atoms with van der Waals surface area (Å²) in [6, 6.07) is 11.8. The van der Waals surface area contributed by atoms with Gasteiger partial charge >= 0.3 is 0 Å². The first-order valence-corrected chi connectivity index (χ1v) is 12.7. The Labute approximate surface area is 226 Å². The third-order valence-corrected chi connectivity index (χ3v) is 7.19. The molecular formula is C30H31FN2O6. The second kappa shape index (κ2) is 10.9. The molecule has 1 fully saturated rings. The fourth-order valence-electron chi connectivity index (χ4n) is 5.19. The van der Waals surface area contributed by atoms with Gasteiger partial charge in [0.2, 0.25) is 11.5 Å². The predicted octanol–water partition coefficient (Wildman–Crippen LogP) is 4.80. The lowest BCUT2D eigenvalue weighted by molar-refractivity contribution is 0.101. The Morgan fingerprint density at radius 1 is 1.00 bits per heavy atom. The molecule has 1 N–H and O–H groups in total. The number of rotatable bonds is 7. The van der Waals surface area contributed by atoms with Gasteiger partial charge in [-0.1, -0.05) is 12.1 Å². The molecule has 9 heteroatoms. The number of piperazine rings is 1. The largest absolute Gasteiger partial charge is 0.507 e. The maximum absolute atomic E-state index is 14.3. The van der Waals surface area contributed by atoms with E-state index >= 15 is 0 Å². The molecule has 204 valence electrons. The van der Waals surface area contributed by atoms with Crippen molar-refractivity contribution in [3.8, 4) is 28.7 Å². The molecule has 2 heterocycles. The van der Waals surface area contributed by atoms with Crippen molar-refractivity contribution in [1.29, 1.82) is 0 Å². The Morgan fingerprint density at radius 2 is 1.72 bits per heavy atom. The normalized spacial score (nSPS) is 16.3. The van der Waals surface area contributed by atoms with Gasteiger partial charge in [0.05, 0.1) is 38.1 Å². The number of phenols is 1. The van der Waals surface area contributed by atoms with Crippen molar-refractivity contribution in [1.82, 2.24) is 4.90 Å². The van der Waals surface area contributed by atoms with Gasteiger partial charge in [-0.05, 0) is 48.9 Å². The number of ether oxygens (including phenoxy) is 4. The molecule has 3 aromatic carbocycles. The maximum Gasteiger partial charge on any atom is 0.232 e. The lowest BCUT2D eigenvalue weighted by Crippen LogP contribution is -2.46. The van der Waals surface area contributed by atoms with E-state index in [4.69, 9.17) is 18.9 Å². The van der Waals surface area contributed by atoms with Gasteiger partial charge in [-0.25, -0.2) is 4.39 Å². The number of carbonyl (C=O) groups is 1. The zero-order valence-corrected chi connectivity index (χ0v) is 22.4. The summed E-state index contributed by atoms with van der Waals surface area (Å²) >= 11 is 0. The summed E-state index contributed by atoms with van der Waals surface area (Å²) in [4.78, 5) is 17.6. The molecule has 1 saturated heterocycles. The molecule has 2 aliphatic rings. The first-order chi connectivity index (χ1) is 18.9. The number of aryl methyl sites for hydroxylation is 1. The summed E-state index contributed by atoms with van der Waals surface area (Å²) in [5.41, 5.74) is 2.78. The summed E-state index contributed by atoms with van der Waals surface area (Å²) in [7, 11) is 4.56. The molecule has 0 atom stereocenters. The average Bonchev–Trinajstić information content (AvgIpc) is 3.27. The fourth-order valence-corrected chi connectivity index (χ4v) is 5.19. The number of hydrogen-bond donors (Lipinski definition) is 1. The van der Waals surface area contributed by atoms with Crippen molar-refractivity contribution in [3.05, 3.63) is 76.3 Å². The molecule has 39 heavy (non-hydrogen) atoms. The summed E-state index contributed by atoms with van der Waals surface area (Å²) in [6.45, 7) is 4.77. The summed E-state index contributed by atoms with van der Waals surface area (Å²) in [6.07, 6.45) is 1.61. The zero-order valence-electron chi connectivity index (χ0n) is 22.4. The van der Waals surface area contributed by atoms with Crippen molar-refractivity contribution in [2.24, 2.45) is 0 Å². The predicted molar refractivity (Wildman–Crippen MR) is 146 cm³/mol. The molecule has 0 radical (unpaired) electrons. The Bertz CT molecular complexity index is 1450. The van der Waals surface area contributed by atoms with E-state index in [0.717, 1.165) is 0 Å². The number of benzene rings is 3. The van der Waals surface area contributed by atoms with Crippen LogP contribution in [0.25, 0.3) is 6.08 Å². The molecular weight excluding hydrogens is 503 g/mol. The van der Waals surface area contributed by atoms with Gasteiger partial charge < -0.3 is 29.0 Å². The maximum atomic E-state index is 14.3. The van der Waals surface area contributed by atoms with Gasteiger partial charge in [-0.15, -0.1) is 0 Å². The lowest BCUT2D eigenvalue weighted by Gasteiger charge is -2.36. The number of nitrogens with zero attached hydrogens (tertiary/aromatic N) is 2. The van der Waals surface area contributed by atoms with Crippen LogP contribution in [0.4, 0.5) is 10.1 Å². The Hall–Kier alpha value is -4.24. The van der Waals surface area contributed by atoms with Gasteiger partial charge in [0.1, 0.15) is 17.3 Å². The minimum atomic E-state index is -0.273. The number of fused-ring (bicyclic) bond motifs is 1. The number of methoxy groups -OCH3 is 3. The molecule has 0 bridgehead atoms. The van der Waals surface area contributed by atoms with Gasteiger partial charge in [0.15, 0.2) is 17.3 Å². The van der Waals surface area contributed by atoms with Crippen molar-refractivity contribution in [3.63, 3.8) is 0 Å². The van der Waals surface area contributed by atoms with Gasteiger partial charge in [0, 0.05) is 38.3 Å². The third-order valence-electron chi connectivity index (χ3n) is 7.19. The van der Waals surface area contributed by atoms with Crippen LogP contribution in [-0.2, 0) is 6.54 Å². The Morgan fingerprint density at radius 3 is 2.38 bits per heavy atom. The lowest BCUT2D eigenvalue weighted by atomic mass is 9.99. The van der Waals surface area contributed by atoms with E-state index in [1.54, 1.807) is 43.3 Å². The molecule has 8 nitrogen and oxygen atoms in total. The number of para-hydroxylation sites is 1. The van der Waals surface area contributed by atoms with E-state index in [-0.39, 0.29) is 23.1 Å². The smallest absolute Gasteiger partial charge is 0.232 e. The van der Waals surface area contributed by atoms with Crippen LogP contribution in [-0.4, -0.2) is 63.3 Å². The van der Waals surface area contributed by atoms with Crippen LogP contribution in [0, 0.1) is 12.7 Å². The van der Waals surface area contributed by atoms with Crippen molar-refractivity contribution >= 4 is 17.5 Å². The molecule has 0 amide bonds. The van der Waals surface area contributed by atoms with Crippen LogP contribution >= 0.6 is 0 Å². The van der Waals surface area contributed by atoms with E-state index in [0.29, 0.717) is 83.7 Å². The van der Waals surface area contributed by atoms with Crippen LogP contribution in [0.3, 0.4) is 0 Å². The molecule has 0 aliphatic carbocycles. The molecule has 0 unspecified atom stereocenters. The van der Waals surface area contributed by atoms with Crippen LogP contribution in [0.2, 0.25) is 0 Å². The first kappa shape index (κ1) is 26.4. The second-order valence-corrected chi connectivity index (χ2v) is 9.47. The number of carbonyl (C=O) groups excluding carboxylic acids is 1. The monoisotopic (exact) mass is 534 g/mol. The molecule has 0 aromatic heterocycles. The fraction of sp³-hybridized carbons (Fsp3) is 0.300. The quantitative estimate of drug-likeness (QED) is 0.433. The van der Waals surface area contributed by atoms with Crippen molar-refractivity contribution in [2.45, 2.75) is 13.5 Å². The van der Waals surface area contributed by atoms with Crippen LogP contribution in [0.5, 0.6) is 28.7 Å². The number of anilines is 1. The summed E-state index contributed by atoms with van der Waals surface area (Å²) in [5.74, 6) is 1.35. The number of hydrogen-bond acceptors (Lipinski definition) is 8. The number of phenolic OH excluding ortho intramolecular Hbond substituents is 1. The molecule has 0 saturated carbocycles. The zero-order chi connectivity index (χ0) is 27.7. The highest BCUT2D eigenvalue weighted by Gasteiger charge is 2.34. The van der Waals surface area contributed by atoms with E-state index in [2.05, 4.69) is 4.90 Å². The highest BCUT2D eigenvalue weighted by atomic mass is 19.1. The summed E-state index contributed by atoms with van der Waals surface area (Å²) < 4.78 is 36.8. The molecule has 5 rings (SSSR count). The van der Waals surface area contributed by atoms with E-state index in [1.165, 1.54) is 27.4 Å². The van der Waals surface area contributed by atoms with Gasteiger partial charge in [-0.3, -0.25) is 9.69 Å². The Balaban J connectivity index is 1.41. The van der Waals surface area contributed by atoms with E-state index in [1.807, 2.05) is 11.0 Å². The number of ketones is 1. The summed E-state index contributed by atoms with van der Waals surface area (Å²) in [5, 5.41) is 10.9.